The van der Waals surface area contributed by atoms with Crippen LogP contribution < -0.4 is 10.4 Å². The monoisotopic (exact) mass is 401 g/mol. The van der Waals surface area contributed by atoms with Crippen LogP contribution >= 0.6 is 27.7 Å². The lowest BCUT2D eigenvalue weighted by Crippen LogP contribution is -2.21. The van der Waals surface area contributed by atoms with Crippen molar-refractivity contribution in [1.82, 2.24) is 5.32 Å². The molecule has 7 heteroatoms. The first-order valence-corrected chi connectivity index (χ1v) is 8.49. The van der Waals surface area contributed by atoms with Gasteiger partial charge in [0.1, 0.15) is 0 Å². The van der Waals surface area contributed by atoms with Gasteiger partial charge in [0.05, 0.1) is 16.6 Å². The third-order valence-electron chi connectivity index (χ3n) is 3.15. The number of benzene rings is 2. The minimum absolute atomic E-state index is 0.0955. The van der Waals surface area contributed by atoms with E-state index < -0.39 is 5.97 Å². The van der Waals surface area contributed by atoms with E-state index in [-0.39, 0.29) is 11.5 Å². The van der Waals surface area contributed by atoms with Crippen LogP contribution in [0.15, 0.2) is 62.9 Å². The van der Waals surface area contributed by atoms with Crippen LogP contribution in [0.3, 0.4) is 0 Å². The molecule has 1 heterocycles. The lowest BCUT2D eigenvalue weighted by atomic mass is 10.1. The van der Waals surface area contributed by atoms with E-state index in [1.165, 1.54) is 23.9 Å². The van der Waals surface area contributed by atoms with Gasteiger partial charge < -0.3 is 15.2 Å². The van der Waals surface area contributed by atoms with Crippen LogP contribution in [-0.2, 0) is 4.79 Å². The van der Waals surface area contributed by atoms with E-state index in [0.29, 0.717) is 10.1 Å². The van der Waals surface area contributed by atoms with E-state index in [1.54, 1.807) is 18.2 Å². The lowest BCUT2D eigenvalue weighted by molar-refractivity contribution is -0.255. The second-order valence-electron chi connectivity index (χ2n) is 4.87. The van der Waals surface area contributed by atoms with Gasteiger partial charge in [0.2, 0.25) is 0 Å². The van der Waals surface area contributed by atoms with E-state index in [4.69, 9.17) is 0 Å². The molecule has 120 valence electrons. The molecule has 0 saturated carbocycles. The highest BCUT2D eigenvalue weighted by atomic mass is 79.9. The van der Waals surface area contributed by atoms with Crippen molar-refractivity contribution in [3.8, 4) is 0 Å². The molecule has 1 N–H and O–H groups in total. The Labute approximate surface area is 150 Å². The van der Waals surface area contributed by atoms with E-state index in [2.05, 4.69) is 26.2 Å². The average Bonchev–Trinajstić information content (AvgIpc) is 2.89. The van der Waals surface area contributed by atoms with E-state index in [0.717, 1.165) is 15.7 Å². The molecular formula is C17H10BrN2O3S-. The first-order chi connectivity index (χ1) is 11.5. The topological polar surface area (TPSA) is 81.6 Å². The molecule has 1 aliphatic heterocycles. The van der Waals surface area contributed by atoms with Crippen molar-refractivity contribution in [2.24, 2.45) is 4.99 Å². The number of carboxylic acids is 1. The second-order valence-corrected chi connectivity index (χ2v) is 6.81. The number of thioether (sulfide) groups is 1. The summed E-state index contributed by atoms with van der Waals surface area (Å²) in [5, 5.41) is 13.9. The summed E-state index contributed by atoms with van der Waals surface area (Å²) >= 11 is 4.59. The second kappa shape index (κ2) is 7.02. The van der Waals surface area contributed by atoms with Crippen LogP contribution in [0.1, 0.15) is 15.9 Å². The number of amidine groups is 1. The fourth-order valence-corrected chi connectivity index (χ4v) is 3.09. The molecule has 1 amide bonds. The van der Waals surface area contributed by atoms with Crippen molar-refractivity contribution in [1.29, 1.82) is 0 Å². The van der Waals surface area contributed by atoms with Crippen LogP contribution in [0, 0.1) is 0 Å². The molecule has 3 rings (SSSR count). The molecule has 1 fully saturated rings. The molecule has 0 atom stereocenters. The number of carboxylic acid groups (broad SMARTS) is 1. The van der Waals surface area contributed by atoms with Gasteiger partial charge in [-0.05, 0) is 53.2 Å². The van der Waals surface area contributed by atoms with Gasteiger partial charge in [0, 0.05) is 4.47 Å². The van der Waals surface area contributed by atoms with Crippen molar-refractivity contribution in [3.05, 3.63) is 69.0 Å². The number of hydrogen-bond acceptors (Lipinski definition) is 5. The Balaban J connectivity index is 1.79. The molecule has 24 heavy (non-hydrogen) atoms. The van der Waals surface area contributed by atoms with Crippen molar-refractivity contribution < 1.29 is 14.7 Å². The molecule has 2 aromatic rings. The standard InChI is InChI=1S/C17H11BrN2O3S/c18-12-5-7-13(8-6-12)19-17-20-15(21)14(24-17)9-10-1-3-11(4-2-10)16(22)23/h1-9H,(H,22,23)(H,19,20,21)/p-1/b14-9-. The Hall–Kier alpha value is -2.38. The van der Waals surface area contributed by atoms with E-state index >= 15 is 0 Å². The summed E-state index contributed by atoms with van der Waals surface area (Å²) < 4.78 is 0.954. The molecule has 5 nitrogen and oxygen atoms in total. The summed E-state index contributed by atoms with van der Waals surface area (Å²) in [4.78, 5) is 27.6. The zero-order valence-corrected chi connectivity index (χ0v) is 14.6. The normalized spacial score (nSPS) is 17.3. The maximum Gasteiger partial charge on any atom is 0.264 e. The number of nitrogens with zero attached hydrogens (tertiary/aromatic N) is 1. The molecule has 0 radical (unpaired) electrons. The number of nitrogens with one attached hydrogen (secondary N) is 1. The van der Waals surface area contributed by atoms with E-state index in [1.807, 2.05) is 24.3 Å². The molecule has 0 aromatic heterocycles. The van der Waals surface area contributed by atoms with Gasteiger partial charge in [-0.15, -0.1) is 0 Å². The highest BCUT2D eigenvalue weighted by Crippen LogP contribution is 2.28. The van der Waals surface area contributed by atoms with Crippen LogP contribution in [0.25, 0.3) is 6.08 Å². The van der Waals surface area contributed by atoms with Gasteiger partial charge in [0.15, 0.2) is 5.17 Å². The van der Waals surface area contributed by atoms with Gasteiger partial charge >= 0.3 is 0 Å². The summed E-state index contributed by atoms with van der Waals surface area (Å²) in [6, 6.07) is 13.5. The number of carbonyl (C=O) groups is 2. The molecule has 0 bridgehead atoms. The Morgan fingerprint density at radius 2 is 1.79 bits per heavy atom. The van der Waals surface area contributed by atoms with Gasteiger partial charge in [-0.1, -0.05) is 40.2 Å². The van der Waals surface area contributed by atoms with Crippen LogP contribution in [0.4, 0.5) is 5.69 Å². The fourth-order valence-electron chi connectivity index (χ4n) is 1.98. The van der Waals surface area contributed by atoms with Gasteiger partial charge in [-0.25, -0.2) is 4.99 Å². The molecule has 0 aliphatic carbocycles. The molecule has 0 unspecified atom stereocenters. The Bertz CT molecular complexity index is 858. The highest BCUT2D eigenvalue weighted by molar-refractivity contribution is 9.10. The number of hydrogen-bond donors (Lipinski definition) is 1. The predicted octanol–water partition coefficient (Wildman–Crippen LogP) is 2.70. The Morgan fingerprint density at radius 1 is 1.12 bits per heavy atom. The maximum atomic E-state index is 12.0. The zero-order valence-electron chi connectivity index (χ0n) is 12.2. The quantitative estimate of drug-likeness (QED) is 0.801. The predicted molar refractivity (Wildman–Crippen MR) is 95.7 cm³/mol. The number of aliphatic imine (C=N–C) groups is 1. The van der Waals surface area contributed by atoms with E-state index in [9.17, 15) is 14.7 Å². The number of aromatic carboxylic acids is 1. The Kier molecular flexibility index (Phi) is 4.82. The summed E-state index contributed by atoms with van der Waals surface area (Å²) in [7, 11) is 0. The number of rotatable bonds is 3. The van der Waals surface area contributed by atoms with Crippen LogP contribution in [-0.4, -0.2) is 17.0 Å². The summed E-state index contributed by atoms with van der Waals surface area (Å²) in [5.41, 5.74) is 1.56. The van der Waals surface area contributed by atoms with Gasteiger partial charge in [-0.3, -0.25) is 4.79 Å². The van der Waals surface area contributed by atoms with Crippen LogP contribution in [0.2, 0.25) is 0 Å². The minimum atomic E-state index is -1.23. The molecular weight excluding hydrogens is 392 g/mol. The fraction of sp³-hybridized carbons (Fsp3) is 0. The minimum Gasteiger partial charge on any atom is -0.545 e. The SMILES string of the molecule is O=C1NC(=Nc2ccc(Br)cc2)S/C1=C\c1ccc(C(=O)[O-])cc1. The zero-order chi connectivity index (χ0) is 17.1. The molecule has 0 spiro atoms. The van der Waals surface area contributed by atoms with Gasteiger partial charge in [-0.2, -0.15) is 0 Å². The number of carbonyl (C=O) groups excluding carboxylic acids is 2. The van der Waals surface area contributed by atoms with Crippen molar-refractivity contribution in [2.45, 2.75) is 0 Å². The number of amides is 1. The summed E-state index contributed by atoms with van der Waals surface area (Å²) in [6.07, 6.45) is 1.68. The summed E-state index contributed by atoms with van der Waals surface area (Å²) in [6.45, 7) is 0. The Morgan fingerprint density at radius 3 is 2.42 bits per heavy atom. The van der Waals surface area contributed by atoms with Crippen molar-refractivity contribution in [3.63, 3.8) is 0 Å². The molecule has 1 aliphatic rings. The number of halogens is 1. The van der Waals surface area contributed by atoms with Gasteiger partial charge in [0.25, 0.3) is 5.91 Å². The first kappa shape index (κ1) is 16.5. The third-order valence-corrected chi connectivity index (χ3v) is 4.59. The smallest absolute Gasteiger partial charge is 0.264 e. The highest BCUT2D eigenvalue weighted by Gasteiger charge is 2.23. The van der Waals surface area contributed by atoms with Crippen molar-refractivity contribution in [2.75, 3.05) is 0 Å². The van der Waals surface area contributed by atoms with Crippen LogP contribution in [0.5, 0.6) is 0 Å². The molecule has 2 aromatic carbocycles. The lowest BCUT2D eigenvalue weighted by Gasteiger charge is -2.02. The molecule has 1 saturated heterocycles. The largest absolute Gasteiger partial charge is 0.545 e. The van der Waals surface area contributed by atoms with Crippen molar-refractivity contribution >= 4 is 56.5 Å². The first-order valence-electron chi connectivity index (χ1n) is 6.88. The average molecular weight is 402 g/mol. The maximum absolute atomic E-state index is 12.0. The third kappa shape index (κ3) is 3.93. The summed E-state index contributed by atoms with van der Waals surface area (Å²) in [5.74, 6) is -1.47.